The molecule has 1 saturated heterocycles. The second kappa shape index (κ2) is 7.93. The second-order valence-corrected chi connectivity index (χ2v) is 8.40. The molecular formula is C24H18BrN3O5. The van der Waals surface area contributed by atoms with Crippen molar-refractivity contribution in [2.75, 3.05) is 12.0 Å². The number of H-pyrrole nitrogens is 1. The van der Waals surface area contributed by atoms with Gasteiger partial charge in [0, 0.05) is 5.56 Å². The molecule has 166 valence electrons. The van der Waals surface area contributed by atoms with Gasteiger partial charge in [-0.15, -0.1) is 0 Å². The van der Waals surface area contributed by atoms with Crippen molar-refractivity contribution < 1.29 is 23.8 Å². The van der Waals surface area contributed by atoms with E-state index in [1.165, 1.54) is 12.0 Å². The van der Waals surface area contributed by atoms with Crippen LogP contribution in [-0.4, -0.2) is 33.9 Å². The predicted molar refractivity (Wildman–Crippen MR) is 125 cm³/mol. The summed E-state index contributed by atoms with van der Waals surface area (Å²) in [6.07, 6.45) is 0. The third kappa shape index (κ3) is 3.41. The number of ketones is 1. The first kappa shape index (κ1) is 21.0. The number of anilines is 1. The van der Waals surface area contributed by atoms with Gasteiger partial charge in [0.15, 0.2) is 0 Å². The number of carbonyl (C=O) groups is 2. The van der Waals surface area contributed by atoms with Gasteiger partial charge in [-0.2, -0.15) is 0 Å². The first-order valence-corrected chi connectivity index (χ1v) is 10.8. The van der Waals surface area contributed by atoms with Crippen molar-refractivity contribution in [2.45, 2.75) is 13.0 Å². The smallest absolute Gasteiger partial charge is 0.302 e. The molecular weight excluding hydrogens is 490 g/mol. The Kier molecular flexibility index (Phi) is 5.05. The summed E-state index contributed by atoms with van der Waals surface area (Å²) in [5.74, 6) is -0.288. The summed E-state index contributed by atoms with van der Waals surface area (Å²) in [5, 5.41) is 11.2. The van der Waals surface area contributed by atoms with Gasteiger partial charge in [-0.1, -0.05) is 12.1 Å². The SMILES string of the molecule is COc1ccc(/C(O)=C2\C(=O)C(=O)N(c3nc4ccccc4[nH]3)C2c2ccc(C)o2)cc1Br. The van der Waals surface area contributed by atoms with E-state index in [4.69, 9.17) is 9.15 Å². The number of halogens is 1. The van der Waals surface area contributed by atoms with E-state index in [9.17, 15) is 14.7 Å². The number of nitrogens with zero attached hydrogens (tertiary/aromatic N) is 2. The van der Waals surface area contributed by atoms with E-state index in [1.807, 2.05) is 18.2 Å². The summed E-state index contributed by atoms with van der Waals surface area (Å²) in [4.78, 5) is 35.2. The Balaban J connectivity index is 1.71. The highest BCUT2D eigenvalue weighted by Crippen LogP contribution is 2.42. The molecule has 1 aliphatic rings. The number of hydrogen-bond acceptors (Lipinski definition) is 6. The number of carbonyl (C=O) groups excluding carboxylic acids is 2. The summed E-state index contributed by atoms with van der Waals surface area (Å²) < 4.78 is 11.6. The minimum absolute atomic E-state index is 0.0909. The number of nitrogens with one attached hydrogen (secondary N) is 1. The quantitative estimate of drug-likeness (QED) is 0.232. The number of aromatic nitrogens is 2. The van der Waals surface area contributed by atoms with E-state index in [-0.39, 0.29) is 17.3 Å². The third-order valence-corrected chi connectivity index (χ3v) is 6.13. The van der Waals surface area contributed by atoms with Crippen molar-refractivity contribution in [3.63, 3.8) is 0 Å². The predicted octanol–water partition coefficient (Wildman–Crippen LogP) is 4.86. The van der Waals surface area contributed by atoms with Gasteiger partial charge in [0.25, 0.3) is 5.78 Å². The molecule has 33 heavy (non-hydrogen) atoms. The van der Waals surface area contributed by atoms with Gasteiger partial charge in [-0.05, 0) is 65.3 Å². The number of rotatable bonds is 4. The van der Waals surface area contributed by atoms with Crippen LogP contribution in [0.2, 0.25) is 0 Å². The van der Waals surface area contributed by atoms with Crippen molar-refractivity contribution in [3.05, 3.63) is 81.7 Å². The van der Waals surface area contributed by atoms with Gasteiger partial charge >= 0.3 is 5.91 Å². The monoisotopic (exact) mass is 507 g/mol. The highest BCUT2D eigenvalue weighted by Gasteiger charge is 2.49. The van der Waals surface area contributed by atoms with Gasteiger partial charge in [0.2, 0.25) is 5.95 Å². The number of furan rings is 1. The summed E-state index contributed by atoms with van der Waals surface area (Å²) in [6, 6.07) is 14.6. The number of aliphatic hydroxyl groups is 1. The number of aromatic amines is 1. The minimum Gasteiger partial charge on any atom is -0.507 e. The molecule has 2 N–H and O–H groups in total. The molecule has 1 unspecified atom stereocenters. The molecule has 1 atom stereocenters. The van der Waals surface area contributed by atoms with Crippen LogP contribution in [0.1, 0.15) is 23.1 Å². The maximum absolute atomic E-state index is 13.2. The summed E-state index contributed by atoms with van der Waals surface area (Å²) in [7, 11) is 1.53. The molecule has 4 aromatic rings. The largest absolute Gasteiger partial charge is 0.507 e. The van der Waals surface area contributed by atoms with Crippen LogP contribution in [0.15, 0.2) is 69.1 Å². The van der Waals surface area contributed by atoms with Crippen molar-refractivity contribution >= 4 is 50.4 Å². The molecule has 1 amide bonds. The normalized spacial score (nSPS) is 17.8. The number of aryl methyl sites for hydroxylation is 1. The van der Waals surface area contributed by atoms with Gasteiger partial charge in [0.05, 0.1) is 28.2 Å². The lowest BCUT2D eigenvalue weighted by Crippen LogP contribution is -2.30. The molecule has 0 bridgehead atoms. The fourth-order valence-corrected chi connectivity index (χ4v) is 4.48. The number of amides is 1. The molecule has 2 aromatic heterocycles. The topological polar surface area (TPSA) is 109 Å². The van der Waals surface area contributed by atoms with Crippen LogP contribution in [0, 0.1) is 6.92 Å². The van der Waals surface area contributed by atoms with E-state index in [2.05, 4.69) is 25.9 Å². The fourth-order valence-electron chi connectivity index (χ4n) is 3.94. The first-order valence-electron chi connectivity index (χ1n) is 10.0. The Labute approximate surface area is 196 Å². The van der Waals surface area contributed by atoms with Crippen molar-refractivity contribution in [3.8, 4) is 5.75 Å². The summed E-state index contributed by atoms with van der Waals surface area (Å²) >= 11 is 3.39. The number of ether oxygens (including phenoxy) is 1. The Morgan fingerprint density at radius 3 is 2.64 bits per heavy atom. The zero-order chi connectivity index (χ0) is 23.3. The van der Waals surface area contributed by atoms with Crippen LogP contribution >= 0.6 is 15.9 Å². The van der Waals surface area contributed by atoms with Crippen LogP contribution in [0.4, 0.5) is 5.95 Å². The van der Waals surface area contributed by atoms with Gasteiger partial charge in [0.1, 0.15) is 29.1 Å². The molecule has 1 aliphatic heterocycles. The van der Waals surface area contributed by atoms with Crippen molar-refractivity contribution in [1.29, 1.82) is 0 Å². The number of hydrogen-bond donors (Lipinski definition) is 2. The molecule has 5 rings (SSSR count). The minimum atomic E-state index is -1.000. The standard InChI is InChI=1S/C24H18BrN3O5/c1-12-7-9-18(33-12)20-19(21(29)13-8-10-17(32-2)14(25)11-13)22(30)23(31)28(20)24-26-15-5-3-4-6-16(15)27-24/h3-11,20,29H,1-2H3,(H,26,27)/b21-19+. The lowest BCUT2D eigenvalue weighted by molar-refractivity contribution is -0.132. The lowest BCUT2D eigenvalue weighted by Gasteiger charge is -2.20. The average Bonchev–Trinajstić information content (AvgIpc) is 3.49. The second-order valence-electron chi connectivity index (χ2n) is 7.54. The van der Waals surface area contributed by atoms with Crippen LogP contribution in [0.3, 0.4) is 0 Å². The van der Waals surface area contributed by atoms with Crippen LogP contribution in [-0.2, 0) is 9.59 Å². The fraction of sp³-hybridized carbons (Fsp3) is 0.125. The van der Waals surface area contributed by atoms with Gasteiger partial charge in [-0.25, -0.2) is 4.98 Å². The molecule has 1 fully saturated rings. The van der Waals surface area contributed by atoms with Crippen LogP contribution in [0.25, 0.3) is 16.8 Å². The summed E-state index contributed by atoms with van der Waals surface area (Å²) in [5.41, 5.74) is 1.61. The molecule has 9 heteroatoms. The maximum Gasteiger partial charge on any atom is 0.302 e. The van der Waals surface area contributed by atoms with Crippen LogP contribution < -0.4 is 9.64 Å². The van der Waals surface area contributed by atoms with E-state index in [0.717, 1.165) is 0 Å². The molecule has 0 saturated carbocycles. The first-order chi connectivity index (χ1) is 15.9. The number of methoxy groups -OCH3 is 1. The Bertz CT molecular complexity index is 1420. The molecule has 0 aliphatic carbocycles. The lowest BCUT2D eigenvalue weighted by atomic mass is 9.99. The Morgan fingerprint density at radius 1 is 1.18 bits per heavy atom. The highest BCUT2D eigenvalue weighted by molar-refractivity contribution is 9.10. The number of imidazole rings is 1. The molecule has 0 radical (unpaired) electrons. The molecule has 3 heterocycles. The Morgan fingerprint density at radius 2 is 1.97 bits per heavy atom. The highest BCUT2D eigenvalue weighted by atomic mass is 79.9. The molecule has 8 nitrogen and oxygen atoms in total. The third-order valence-electron chi connectivity index (χ3n) is 5.51. The van der Waals surface area contributed by atoms with E-state index < -0.39 is 17.7 Å². The van der Waals surface area contributed by atoms with Crippen LogP contribution in [0.5, 0.6) is 5.75 Å². The number of para-hydroxylation sites is 2. The number of benzene rings is 2. The van der Waals surface area contributed by atoms with Gasteiger partial charge < -0.3 is 19.2 Å². The van der Waals surface area contributed by atoms with E-state index in [1.54, 1.807) is 43.3 Å². The molecule has 0 spiro atoms. The Hall–Kier alpha value is -3.85. The number of fused-ring (bicyclic) bond motifs is 1. The average molecular weight is 508 g/mol. The van der Waals surface area contributed by atoms with E-state index in [0.29, 0.717) is 38.3 Å². The zero-order valence-corrected chi connectivity index (χ0v) is 19.2. The zero-order valence-electron chi connectivity index (χ0n) is 17.6. The van der Waals surface area contributed by atoms with Crippen molar-refractivity contribution in [2.24, 2.45) is 0 Å². The number of Topliss-reactive ketones (excluding diaryl/α,β-unsaturated/α-hetero) is 1. The van der Waals surface area contributed by atoms with Crippen molar-refractivity contribution in [1.82, 2.24) is 9.97 Å². The summed E-state index contributed by atoms with van der Waals surface area (Å²) in [6.45, 7) is 1.76. The maximum atomic E-state index is 13.2. The van der Waals surface area contributed by atoms with E-state index >= 15 is 0 Å². The molecule has 2 aromatic carbocycles. The number of aliphatic hydroxyl groups excluding tert-OH is 1. The van der Waals surface area contributed by atoms with Gasteiger partial charge in [-0.3, -0.25) is 14.5 Å².